The molecule has 1 N–H and O–H groups in total. The lowest BCUT2D eigenvalue weighted by Crippen LogP contribution is -2.08. The third kappa shape index (κ3) is 2.17. The highest BCUT2D eigenvalue weighted by Gasteiger charge is 2.19. The normalized spacial score (nSPS) is 11.0. The molecule has 0 aliphatic carbocycles. The zero-order valence-electron chi connectivity index (χ0n) is 9.76. The monoisotopic (exact) mass is 253 g/mol. The van der Waals surface area contributed by atoms with Crippen LogP contribution in [0.3, 0.4) is 0 Å². The van der Waals surface area contributed by atoms with Crippen LogP contribution in [0.1, 0.15) is 16.8 Å². The van der Waals surface area contributed by atoms with Gasteiger partial charge in [-0.05, 0) is 18.6 Å². The van der Waals surface area contributed by atoms with E-state index in [0.717, 1.165) is 6.07 Å². The molecule has 0 fully saturated rings. The maximum Gasteiger partial charge on any atom is 0.340 e. The van der Waals surface area contributed by atoms with Crippen molar-refractivity contribution in [2.24, 2.45) is 0 Å². The Hall–Kier alpha value is -2.02. The molecule has 0 saturated heterocycles. The highest BCUT2D eigenvalue weighted by molar-refractivity contribution is 6.01. The molecule has 0 aliphatic heterocycles. The number of aromatic nitrogens is 3. The van der Waals surface area contributed by atoms with E-state index in [1.54, 1.807) is 7.11 Å². The summed E-state index contributed by atoms with van der Waals surface area (Å²) < 4.78 is 19.8. The van der Waals surface area contributed by atoms with Gasteiger partial charge in [-0.2, -0.15) is 0 Å². The van der Waals surface area contributed by atoms with Crippen molar-refractivity contribution in [3.8, 4) is 0 Å². The number of nitrogens with zero attached hydrogens (tertiary/aromatic N) is 3. The number of benzene rings is 1. The predicted molar refractivity (Wildman–Crippen MR) is 60.9 cm³/mol. The van der Waals surface area contributed by atoms with Gasteiger partial charge in [-0.25, -0.2) is 13.9 Å². The Morgan fingerprint density at radius 2 is 2.33 bits per heavy atom. The quantitative estimate of drug-likeness (QED) is 0.813. The summed E-state index contributed by atoms with van der Waals surface area (Å²) in [6, 6.07) is 2.50. The van der Waals surface area contributed by atoms with Gasteiger partial charge in [0, 0.05) is 20.3 Å². The Balaban J connectivity index is 2.48. The Morgan fingerprint density at radius 3 is 3.00 bits per heavy atom. The van der Waals surface area contributed by atoms with Crippen LogP contribution < -0.4 is 0 Å². The molecule has 1 aromatic heterocycles. The van der Waals surface area contributed by atoms with Gasteiger partial charge in [-0.3, -0.25) is 0 Å². The number of aromatic carboxylic acids is 1. The average Bonchev–Trinajstić information content (AvgIpc) is 2.72. The van der Waals surface area contributed by atoms with Crippen molar-refractivity contribution in [3.05, 3.63) is 23.5 Å². The molecule has 0 unspecified atom stereocenters. The van der Waals surface area contributed by atoms with Crippen LogP contribution in [0, 0.1) is 5.82 Å². The largest absolute Gasteiger partial charge is 0.478 e. The summed E-state index contributed by atoms with van der Waals surface area (Å²) >= 11 is 0. The average molecular weight is 253 g/mol. The Labute approximate surface area is 102 Å². The zero-order chi connectivity index (χ0) is 13.1. The Morgan fingerprint density at radius 1 is 1.56 bits per heavy atom. The van der Waals surface area contributed by atoms with Crippen LogP contribution in [-0.4, -0.2) is 39.8 Å². The maximum absolute atomic E-state index is 13.5. The van der Waals surface area contributed by atoms with E-state index in [9.17, 15) is 9.18 Å². The van der Waals surface area contributed by atoms with Gasteiger partial charge in [-0.1, -0.05) is 5.21 Å². The molecule has 0 atom stereocenters. The number of ether oxygens (including phenoxy) is 1. The van der Waals surface area contributed by atoms with E-state index >= 15 is 0 Å². The molecule has 0 radical (unpaired) electrons. The predicted octanol–water partition coefficient (Wildman–Crippen LogP) is 1.31. The molecule has 18 heavy (non-hydrogen) atoms. The van der Waals surface area contributed by atoms with Crippen LogP contribution in [0.4, 0.5) is 4.39 Å². The highest BCUT2D eigenvalue weighted by atomic mass is 19.1. The summed E-state index contributed by atoms with van der Waals surface area (Å²) in [5, 5.41) is 16.7. The van der Waals surface area contributed by atoms with Gasteiger partial charge in [0.15, 0.2) is 0 Å². The van der Waals surface area contributed by atoms with Gasteiger partial charge in [0.25, 0.3) is 0 Å². The van der Waals surface area contributed by atoms with Crippen LogP contribution in [0.15, 0.2) is 12.1 Å². The summed E-state index contributed by atoms with van der Waals surface area (Å²) in [4.78, 5) is 11.1. The third-order valence-electron chi connectivity index (χ3n) is 2.56. The zero-order valence-corrected chi connectivity index (χ0v) is 9.76. The number of fused-ring (bicyclic) bond motifs is 1. The minimum atomic E-state index is -1.33. The van der Waals surface area contributed by atoms with E-state index in [4.69, 9.17) is 9.84 Å². The fraction of sp³-hybridized carbons (Fsp3) is 0.364. The fourth-order valence-electron chi connectivity index (χ4n) is 1.76. The number of methoxy groups -OCH3 is 1. The minimum absolute atomic E-state index is 0.207. The van der Waals surface area contributed by atoms with E-state index in [-0.39, 0.29) is 5.52 Å². The molecule has 7 heteroatoms. The van der Waals surface area contributed by atoms with Crippen LogP contribution >= 0.6 is 0 Å². The van der Waals surface area contributed by atoms with Gasteiger partial charge in [0.2, 0.25) is 0 Å². The van der Waals surface area contributed by atoms with E-state index < -0.39 is 17.3 Å². The van der Waals surface area contributed by atoms with Crippen molar-refractivity contribution in [1.82, 2.24) is 15.0 Å². The molecule has 0 spiro atoms. The SMILES string of the molecule is COCCCn1nnc2ccc(F)c(C(=O)O)c21. The maximum atomic E-state index is 13.5. The molecule has 1 heterocycles. The molecule has 0 saturated carbocycles. The second-order valence-electron chi connectivity index (χ2n) is 3.75. The summed E-state index contributed by atoms with van der Waals surface area (Å²) in [6.45, 7) is 0.938. The second kappa shape index (κ2) is 5.09. The fourth-order valence-corrected chi connectivity index (χ4v) is 1.76. The molecule has 1 aromatic carbocycles. The lowest BCUT2D eigenvalue weighted by Gasteiger charge is -2.04. The number of halogens is 1. The summed E-state index contributed by atoms with van der Waals surface area (Å²) in [5.41, 5.74) is 0.180. The number of hydrogen-bond donors (Lipinski definition) is 1. The molecule has 96 valence electrons. The van der Waals surface area contributed by atoms with Crippen LogP contribution in [0.25, 0.3) is 11.0 Å². The first-order chi connectivity index (χ1) is 8.65. The molecular formula is C11H12FN3O3. The van der Waals surface area contributed by atoms with Crippen molar-refractivity contribution >= 4 is 17.0 Å². The molecule has 0 amide bonds. The van der Waals surface area contributed by atoms with Crippen LogP contribution in [-0.2, 0) is 11.3 Å². The first-order valence-electron chi connectivity index (χ1n) is 5.39. The van der Waals surface area contributed by atoms with Gasteiger partial charge in [0.05, 0.1) is 0 Å². The van der Waals surface area contributed by atoms with Crippen LogP contribution in [0.5, 0.6) is 0 Å². The first-order valence-corrected chi connectivity index (χ1v) is 5.39. The lowest BCUT2D eigenvalue weighted by molar-refractivity contribution is 0.0693. The summed E-state index contributed by atoms with van der Waals surface area (Å²) in [6.07, 6.45) is 0.643. The number of hydrogen-bond acceptors (Lipinski definition) is 4. The van der Waals surface area contributed by atoms with Crippen molar-refractivity contribution in [2.75, 3.05) is 13.7 Å². The minimum Gasteiger partial charge on any atom is -0.478 e. The molecule has 6 nitrogen and oxygen atoms in total. The van der Waals surface area contributed by atoms with Crippen molar-refractivity contribution in [3.63, 3.8) is 0 Å². The topological polar surface area (TPSA) is 77.2 Å². The van der Waals surface area contributed by atoms with Gasteiger partial charge in [-0.15, -0.1) is 5.10 Å². The Kier molecular flexibility index (Phi) is 3.52. The second-order valence-corrected chi connectivity index (χ2v) is 3.75. The number of aryl methyl sites for hydroxylation is 1. The number of carboxylic acid groups (broad SMARTS) is 1. The van der Waals surface area contributed by atoms with E-state index in [1.807, 2.05) is 0 Å². The van der Waals surface area contributed by atoms with Gasteiger partial charge in [0.1, 0.15) is 22.4 Å². The molecule has 2 aromatic rings. The van der Waals surface area contributed by atoms with Crippen molar-refractivity contribution in [1.29, 1.82) is 0 Å². The molecule has 0 aliphatic rings. The summed E-state index contributed by atoms with van der Waals surface area (Å²) in [7, 11) is 1.57. The van der Waals surface area contributed by atoms with E-state index in [1.165, 1.54) is 10.7 Å². The summed E-state index contributed by atoms with van der Waals surface area (Å²) in [5.74, 6) is -2.11. The first kappa shape index (κ1) is 12.4. The smallest absolute Gasteiger partial charge is 0.340 e. The third-order valence-corrected chi connectivity index (χ3v) is 2.56. The van der Waals surface area contributed by atoms with E-state index in [0.29, 0.717) is 25.1 Å². The van der Waals surface area contributed by atoms with E-state index in [2.05, 4.69) is 10.3 Å². The molecule has 2 rings (SSSR count). The number of carboxylic acids is 1. The number of carbonyl (C=O) groups is 1. The van der Waals surface area contributed by atoms with Crippen molar-refractivity contribution in [2.45, 2.75) is 13.0 Å². The van der Waals surface area contributed by atoms with Gasteiger partial charge >= 0.3 is 5.97 Å². The standard InChI is InChI=1S/C11H12FN3O3/c1-18-6-2-5-15-10-8(13-14-15)4-3-7(12)9(10)11(16)17/h3-4H,2,5-6H2,1H3,(H,16,17). The van der Waals surface area contributed by atoms with Gasteiger partial charge < -0.3 is 9.84 Å². The molecule has 0 bridgehead atoms. The lowest BCUT2D eigenvalue weighted by atomic mass is 10.1. The molecular weight excluding hydrogens is 241 g/mol. The van der Waals surface area contributed by atoms with Crippen LogP contribution in [0.2, 0.25) is 0 Å². The highest BCUT2D eigenvalue weighted by Crippen LogP contribution is 2.20. The number of rotatable bonds is 5. The van der Waals surface area contributed by atoms with Crippen molar-refractivity contribution < 1.29 is 19.0 Å². The Bertz CT molecular complexity index is 582.